The molecule has 0 aromatic heterocycles. The van der Waals surface area contributed by atoms with E-state index in [2.05, 4.69) is 77.1 Å². The molecule has 3 aliphatic rings. The number of hydrogen-bond acceptors (Lipinski definition) is 8. The zero-order valence-electron chi connectivity index (χ0n) is 37.7. The van der Waals surface area contributed by atoms with Crippen molar-refractivity contribution in [1.29, 1.82) is 0 Å². The molecule has 8 heteroatoms. The van der Waals surface area contributed by atoms with E-state index >= 15 is 0 Å². The van der Waals surface area contributed by atoms with Gasteiger partial charge in [0, 0.05) is 11.8 Å². The topological polar surface area (TPSA) is 97.4 Å². The van der Waals surface area contributed by atoms with Crippen LogP contribution in [0.5, 0.6) is 0 Å². The number of allylic oxidation sites excluding steroid dienone is 4. The minimum Gasteiger partial charge on any atom is -0.465 e. The smallest absolute Gasteiger partial charge is 0.308 e. The highest BCUT2D eigenvalue weighted by molar-refractivity contribution is 5.72. The Hall–Kier alpha value is -3.31. The van der Waals surface area contributed by atoms with Crippen molar-refractivity contribution < 1.29 is 38.4 Å². The zero-order chi connectivity index (χ0) is 42.9. The first-order chi connectivity index (χ1) is 26.1. The average molecular weight is 783 g/mol. The Bertz CT molecular complexity index is 1430. The van der Waals surface area contributed by atoms with Gasteiger partial charge in [-0.25, -0.2) is 0 Å². The van der Waals surface area contributed by atoms with Gasteiger partial charge in [0.1, 0.15) is 6.26 Å². The summed E-state index contributed by atoms with van der Waals surface area (Å²) in [6.07, 6.45) is 13.1. The summed E-state index contributed by atoms with van der Waals surface area (Å²) in [5.74, 6) is 1.65. The molecule has 0 aromatic carbocycles. The molecule has 7 atom stereocenters. The average Bonchev–Trinajstić information content (AvgIpc) is 3.17. The van der Waals surface area contributed by atoms with Gasteiger partial charge in [-0.2, -0.15) is 4.89 Å². The van der Waals surface area contributed by atoms with Gasteiger partial charge in [-0.05, 0) is 110 Å². The minimum atomic E-state index is -0.0817. The molecule has 0 aromatic rings. The van der Waals surface area contributed by atoms with Crippen LogP contribution in [0.4, 0.5) is 0 Å². The highest BCUT2D eigenvalue weighted by atomic mass is 17.2. The predicted molar refractivity (Wildman–Crippen MR) is 226 cm³/mol. The summed E-state index contributed by atoms with van der Waals surface area (Å²) in [6.45, 7) is 36.2. The van der Waals surface area contributed by atoms with Gasteiger partial charge in [0.2, 0.25) is 0 Å². The Kier molecular flexibility index (Phi) is 21.6. The summed E-state index contributed by atoms with van der Waals surface area (Å²) in [4.78, 5) is 44.2. The predicted octanol–water partition coefficient (Wildman–Crippen LogP) is 11.7. The van der Waals surface area contributed by atoms with Gasteiger partial charge in [0.15, 0.2) is 0 Å². The van der Waals surface area contributed by atoms with Crippen molar-refractivity contribution in [2.45, 2.75) is 141 Å². The lowest BCUT2D eigenvalue weighted by Crippen LogP contribution is -2.46. The second kappa shape index (κ2) is 23.8. The molecule has 3 rings (SSSR count). The van der Waals surface area contributed by atoms with E-state index < -0.39 is 0 Å². The molecule has 0 amide bonds. The molecule has 3 fully saturated rings. The molecule has 3 saturated carbocycles. The number of carbonyl (C=O) groups is 3. The van der Waals surface area contributed by atoms with Gasteiger partial charge in [-0.3, -0.25) is 14.4 Å². The fraction of sp³-hybridized carbons (Fsp3) is 0.729. The van der Waals surface area contributed by atoms with Crippen molar-refractivity contribution in [1.82, 2.24) is 0 Å². The van der Waals surface area contributed by atoms with Crippen LogP contribution in [0.3, 0.4) is 0 Å². The van der Waals surface area contributed by atoms with E-state index in [-0.39, 0.29) is 51.9 Å². The molecular formula is C48H78O8. The third-order valence-electron chi connectivity index (χ3n) is 13.2. The molecule has 7 unspecified atom stereocenters. The van der Waals surface area contributed by atoms with Crippen LogP contribution in [0, 0.1) is 57.7 Å². The highest BCUT2D eigenvalue weighted by Crippen LogP contribution is 2.52. The van der Waals surface area contributed by atoms with Gasteiger partial charge < -0.3 is 19.1 Å². The van der Waals surface area contributed by atoms with Crippen LogP contribution in [-0.4, -0.2) is 44.8 Å². The van der Waals surface area contributed by atoms with Crippen molar-refractivity contribution in [3.05, 3.63) is 59.8 Å². The van der Waals surface area contributed by atoms with Gasteiger partial charge in [0.05, 0.1) is 44.7 Å². The van der Waals surface area contributed by atoms with E-state index in [0.717, 1.165) is 56.9 Å². The van der Waals surface area contributed by atoms with Crippen LogP contribution in [-0.2, 0) is 38.4 Å². The number of carbonyl (C=O) groups excluding carboxylic acids is 3. The Morgan fingerprint density at radius 2 is 1.25 bits per heavy atom. The number of rotatable bonds is 18. The Labute approximate surface area is 341 Å². The van der Waals surface area contributed by atoms with Gasteiger partial charge in [0.25, 0.3) is 0 Å². The van der Waals surface area contributed by atoms with Crippen molar-refractivity contribution in [2.24, 2.45) is 57.7 Å². The maximum atomic E-state index is 11.8. The SMILES string of the molecule is C=C1CC(COC(=O)C(C)CC)C1(C)C.C=C=CC1CC(COC(=O)C(C)CC)C1(C)C.CCC(C)C(=O)OCC1CC(=C=CCC/C(C)=C/OOC)C1(C)C. The van der Waals surface area contributed by atoms with Gasteiger partial charge >= 0.3 is 17.9 Å². The van der Waals surface area contributed by atoms with Crippen molar-refractivity contribution in [3.63, 3.8) is 0 Å². The minimum absolute atomic E-state index is 0.0125. The molecule has 0 aliphatic heterocycles. The van der Waals surface area contributed by atoms with Crippen molar-refractivity contribution in [2.75, 3.05) is 26.9 Å². The van der Waals surface area contributed by atoms with E-state index in [9.17, 15) is 14.4 Å². The fourth-order valence-electron chi connectivity index (χ4n) is 6.56. The molecule has 56 heavy (non-hydrogen) atoms. The normalized spacial score (nSPS) is 24.1. The first kappa shape index (κ1) is 50.7. The summed E-state index contributed by atoms with van der Waals surface area (Å²) >= 11 is 0. The lowest BCUT2D eigenvalue weighted by atomic mass is 9.55. The maximum Gasteiger partial charge on any atom is 0.308 e. The summed E-state index contributed by atoms with van der Waals surface area (Å²) in [6, 6.07) is 0. The molecule has 0 saturated heterocycles. The van der Waals surface area contributed by atoms with E-state index in [1.807, 2.05) is 54.5 Å². The van der Waals surface area contributed by atoms with Crippen LogP contribution >= 0.6 is 0 Å². The molecule has 0 N–H and O–H groups in total. The van der Waals surface area contributed by atoms with Gasteiger partial charge in [-0.1, -0.05) is 102 Å². The van der Waals surface area contributed by atoms with Crippen LogP contribution in [0.15, 0.2) is 59.8 Å². The first-order valence-corrected chi connectivity index (χ1v) is 21.0. The largest absolute Gasteiger partial charge is 0.465 e. The lowest BCUT2D eigenvalue weighted by Gasteiger charge is -2.50. The van der Waals surface area contributed by atoms with E-state index in [1.165, 1.54) is 18.3 Å². The Morgan fingerprint density at radius 3 is 1.62 bits per heavy atom. The molecule has 0 heterocycles. The number of hydrogen-bond donors (Lipinski definition) is 0. The highest BCUT2D eigenvalue weighted by Gasteiger charge is 2.47. The zero-order valence-corrected chi connectivity index (χ0v) is 37.7. The number of ether oxygens (including phenoxy) is 3. The summed E-state index contributed by atoms with van der Waals surface area (Å²) < 4.78 is 16.1. The maximum absolute atomic E-state index is 11.8. The quantitative estimate of drug-likeness (QED) is 0.0258. The molecule has 3 aliphatic carbocycles. The number of esters is 3. The van der Waals surface area contributed by atoms with Crippen LogP contribution in [0.2, 0.25) is 0 Å². The fourth-order valence-corrected chi connectivity index (χ4v) is 6.56. The lowest BCUT2D eigenvalue weighted by molar-refractivity contribution is -0.223. The standard InChI is InChI=1S/C20H32O4.C15H24O2.C13H22O2/c1-7-16(3)19(21)23-14-18-12-17(20(18,4)5)11-9-8-10-15(2)13-24-22-6;1-6-8-12-9-13(15(12,4)5)10-17-14(16)11(3)7-2;1-6-9(2)12(14)15-8-11-7-10(3)13(11,4)5/h9,13,16,18H,7-8,10,12,14H2,1-6H3;8,11-13H,1,7,9-10H2,2-5H3;9,11H,3,6-8H2,1-2,4-5H3/b15-13+;;. The van der Waals surface area contributed by atoms with Crippen LogP contribution < -0.4 is 0 Å². The van der Waals surface area contributed by atoms with E-state index in [0.29, 0.717) is 43.5 Å². The van der Waals surface area contributed by atoms with E-state index in [1.54, 1.807) is 6.26 Å². The first-order valence-electron chi connectivity index (χ1n) is 21.0. The Morgan fingerprint density at radius 1 is 0.786 bits per heavy atom. The second-order valence-electron chi connectivity index (χ2n) is 18.0. The third kappa shape index (κ3) is 14.9. The van der Waals surface area contributed by atoms with Crippen LogP contribution in [0.25, 0.3) is 0 Å². The van der Waals surface area contributed by atoms with Crippen molar-refractivity contribution >= 4 is 17.9 Å². The second-order valence-corrected chi connectivity index (χ2v) is 18.0. The van der Waals surface area contributed by atoms with Crippen molar-refractivity contribution in [3.8, 4) is 0 Å². The molecular weight excluding hydrogens is 705 g/mol. The summed E-state index contributed by atoms with van der Waals surface area (Å²) in [5.41, 5.74) is 10.4. The summed E-state index contributed by atoms with van der Waals surface area (Å²) in [5, 5.41) is 0. The van der Waals surface area contributed by atoms with Crippen LogP contribution in [0.1, 0.15) is 141 Å². The molecule has 0 bridgehead atoms. The van der Waals surface area contributed by atoms with Gasteiger partial charge in [-0.15, -0.1) is 11.5 Å². The third-order valence-corrected chi connectivity index (χ3v) is 13.2. The molecule has 8 nitrogen and oxygen atoms in total. The molecule has 0 spiro atoms. The monoisotopic (exact) mass is 783 g/mol. The van der Waals surface area contributed by atoms with E-state index in [4.69, 9.17) is 19.1 Å². The Balaban J connectivity index is 0.000000434. The molecule has 318 valence electrons. The molecule has 0 radical (unpaired) electrons. The summed E-state index contributed by atoms with van der Waals surface area (Å²) in [7, 11) is 1.49.